The number of sulfonamides is 1. The summed E-state index contributed by atoms with van der Waals surface area (Å²) in [7, 11) is -3.98. The summed E-state index contributed by atoms with van der Waals surface area (Å²) in [4.78, 5) is 34.5. The Morgan fingerprint density at radius 3 is 2.33 bits per heavy atom. The van der Waals surface area contributed by atoms with Crippen LogP contribution in [-0.4, -0.2) is 77.3 Å². The first-order valence-corrected chi connectivity index (χ1v) is 15.7. The second-order valence-electron chi connectivity index (χ2n) is 9.64. The van der Waals surface area contributed by atoms with Crippen LogP contribution in [0.25, 0.3) is 6.08 Å². The lowest BCUT2D eigenvalue weighted by molar-refractivity contribution is -0.180. The Labute approximate surface area is 263 Å². The van der Waals surface area contributed by atoms with Crippen LogP contribution in [0.15, 0.2) is 39.7 Å². The summed E-state index contributed by atoms with van der Waals surface area (Å²) in [6, 6.07) is 4.21. The molecule has 0 saturated heterocycles. The minimum Gasteiger partial charge on any atom is -0.420 e. The Morgan fingerprint density at radius 2 is 1.67 bits per heavy atom. The molecular formula is C29H34F4N4O8S. The molecule has 3 N–H and O–H groups in total. The van der Waals surface area contributed by atoms with E-state index in [0.717, 1.165) is 0 Å². The van der Waals surface area contributed by atoms with Gasteiger partial charge in [-0.3, -0.25) is 14.4 Å². The van der Waals surface area contributed by atoms with Gasteiger partial charge in [-0.15, -0.1) is 0 Å². The van der Waals surface area contributed by atoms with Crippen LogP contribution in [0.4, 0.5) is 23.2 Å². The van der Waals surface area contributed by atoms with E-state index in [2.05, 4.69) is 14.5 Å². The zero-order valence-electron chi connectivity index (χ0n) is 25.1. The SMILES string of the molecule is CCCN(OCC)C(=O)C1=Cc2cc(S(=O)(=O)NCCOCCOCCC(=O)Oc3c(F)c(F)cc(F)c3F)ccc2N=C(N)C1. The number of rotatable bonds is 17. The van der Waals surface area contributed by atoms with Crippen LogP contribution in [-0.2, 0) is 33.9 Å². The van der Waals surface area contributed by atoms with Gasteiger partial charge in [-0.05, 0) is 37.6 Å². The number of hydrogen-bond donors (Lipinski definition) is 2. The molecule has 0 spiro atoms. The molecule has 1 amide bonds. The molecule has 17 heteroatoms. The van der Waals surface area contributed by atoms with Gasteiger partial charge in [0.15, 0.2) is 11.6 Å². The average molecular weight is 675 g/mol. The number of ether oxygens (including phenoxy) is 3. The quantitative estimate of drug-likeness (QED) is 0.0640. The number of amidine groups is 1. The number of carbonyl (C=O) groups is 2. The molecule has 0 fully saturated rings. The number of fused-ring (bicyclic) bond motifs is 1. The van der Waals surface area contributed by atoms with Gasteiger partial charge in [0, 0.05) is 36.7 Å². The predicted molar refractivity (Wildman–Crippen MR) is 157 cm³/mol. The van der Waals surface area contributed by atoms with Crippen molar-refractivity contribution >= 4 is 39.5 Å². The fourth-order valence-corrected chi connectivity index (χ4v) is 5.09. The van der Waals surface area contributed by atoms with Crippen molar-refractivity contribution in [1.29, 1.82) is 0 Å². The molecule has 2 aromatic carbocycles. The fourth-order valence-electron chi connectivity index (χ4n) is 4.04. The van der Waals surface area contributed by atoms with E-state index in [1.54, 1.807) is 13.0 Å². The third-order valence-electron chi connectivity index (χ3n) is 6.14. The topological polar surface area (TPSA) is 159 Å². The zero-order valence-corrected chi connectivity index (χ0v) is 25.9. The minimum absolute atomic E-state index is 0.00576. The second-order valence-corrected chi connectivity index (χ2v) is 11.4. The first-order valence-electron chi connectivity index (χ1n) is 14.2. The molecule has 12 nitrogen and oxygen atoms in total. The summed E-state index contributed by atoms with van der Waals surface area (Å²) in [5, 5.41) is 1.24. The van der Waals surface area contributed by atoms with E-state index in [0.29, 0.717) is 29.8 Å². The molecule has 46 heavy (non-hydrogen) atoms. The van der Waals surface area contributed by atoms with Crippen LogP contribution in [0.5, 0.6) is 5.75 Å². The highest BCUT2D eigenvalue weighted by Crippen LogP contribution is 2.30. The van der Waals surface area contributed by atoms with Gasteiger partial charge in [0.2, 0.25) is 27.4 Å². The Balaban J connectivity index is 1.45. The van der Waals surface area contributed by atoms with E-state index in [-0.39, 0.29) is 62.8 Å². The van der Waals surface area contributed by atoms with Crippen molar-refractivity contribution in [2.45, 2.75) is 38.0 Å². The summed E-state index contributed by atoms with van der Waals surface area (Å²) in [6.45, 7) is 3.89. The number of hydroxylamine groups is 2. The Bertz CT molecular complexity index is 1560. The maximum Gasteiger partial charge on any atom is 0.313 e. The third kappa shape index (κ3) is 10.1. The first-order chi connectivity index (χ1) is 21.9. The molecule has 252 valence electrons. The number of nitrogens with one attached hydrogen (secondary N) is 1. The average Bonchev–Trinajstić information content (AvgIpc) is 3.18. The summed E-state index contributed by atoms with van der Waals surface area (Å²) in [5.74, 6) is -9.99. The molecule has 2 aromatic rings. The lowest BCUT2D eigenvalue weighted by atomic mass is 10.1. The standard InChI is InChI=1S/C29H34F4N4O8S/c1-3-9-37(44-4-2)29(39)19-14-18-15-20(5-6-23(18)36-24(34)16-19)46(40,41)35-8-11-43-13-12-42-10-7-25(38)45-28-26(32)21(30)17-22(31)27(28)33/h5-6,14-15,17,35H,3-4,7-13,16H2,1-2H3,(H2,34,36). The van der Waals surface area contributed by atoms with Crippen molar-refractivity contribution in [3.05, 3.63) is 58.7 Å². The smallest absolute Gasteiger partial charge is 0.313 e. The monoisotopic (exact) mass is 674 g/mol. The van der Waals surface area contributed by atoms with Crippen LogP contribution >= 0.6 is 0 Å². The van der Waals surface area contributed by atoms with Crippen molar-refractivity contribution < 1.29 is 54.6 Å². The number of nitrogens with zero attached hydrogens (tertiary/aromatic N) is 2. The maximum absolute atomic E-state index is 13.6. The normalized spacial score (nSPS) is 13.0. The van der Waals surface area contributed by atoms with Gasteiger partial charge < -0.3 is 19.9 Å². The lowest BCUT2D eigenvalue weighted by Gasteiger charge is -2.21. The highest BCUT2D eigenvalue weighted by atomic mass is 32.2. The molecule has 0 unspecified atom stereocenters. The molecule has 0 radical (unpaired) electrons. The minimum atomic E-state index is -3.98. The first kappa shape index (κ1) is 36.6. The van der Waals surface area contributed by atoms with E-state index in [1.165, 1.54) is 23.3 Å². The maximum atomic E-state index is 13.6. The van der Waals surface area contributed by atoms with Crippen LogP contribution < -0.4 is 15.2 Å². The molecular weight excluding hydrogens is 640 g/mol. The zero-order chi connectivity index (χ0) is 33.9. The molecule has 0 aromatic heterocycles. The molecule has 0 saturated carbocycles. The highest BCUT2D eigenvalue weighted by molar-refractivity contribution is 7.89. The number of benzene rings is 2. The number of carbonyl (C=O) groups excluding carboxylic acids is 2. The summed E-state index contributed by atoms with van der Waals surface area (Å²) in [5.41, 5.74) is 7.10. The van der Waals surface area contributed by atoms with E-state index < -0.39 is 57.3 Å². The number of hydrogen-bond acceptors (Lipinski definition) is 10. The molecule has 0 bridgehead atoms. The molecule has 1 aliphatic heterocycles. The van der Waals surface area contributed by atoms with E-state index in [9.17, 15) is 35.6 Å². The summed E-state index contributed by atoms with van der Waals surface area (Å²) in [6.07, 6.45) is 1.78. The van der Waals surface area contributed by atoms with Crippen LogP contribution in [0.2, 0.25) is 0 Å². The van der Waals surface area contributed by atoms with Crippen LogP contribution in [0.1, 0.15) is 38.7 Å². The summed E-state index contributed by atoms with van der Waals surface area (Å²) >= 11 is 0. The van der Waals surface area contributed by atoms with Gasteiger partial charge in [-0.1, -0.05) is 6.92 Å². The molecule has 0 aliphatic carbocycles. The van der Waals surface area contributed by atoms with Crippen molar-refractivity contribution in [1.82, 2.24) is 9.79 Å². The largest absolute Gasteiger partial charge is 0.420 e. The van der Waals surface area contributed by atoms with Gasteiger partial charge >= 0.3 is 5.97 Å². The highest BCUT2D eigenvalue weighted by Gasteiger charge is 2.24. The van der Waals surface area contributed by atoms with Gasteiger partial charge in [0.1, 0.15) is 5.84 Å². The number of amides is 1. The van der Waals surface area contributed by atoms with Gasteiger partial charge in [0.05, 0.1) is 50.0 Å². The molecule has 1 aliphatic rings. The van der Waals surface area contributed by atoms with Crippen LogP contribution in [0.3, 0.4) is 0 Å². The molecule has 1 heterocycles. The van der Waals surface area contributed by atoms with Gasteiger partial charge in [0.25, 0.3) is 5.91 Å². The molecule has 3 rings (SSSR count). The summed E-state index contributed by atoms with van der Waals surface area (Å²) < 4.78 is 96.6. The predicted octanol–water partition coefficient (Wildman–Crippen LogP) is 3.52. The number of halogens is 4. The van der Waals surface area contributed by atoms with E-state index in [4.69, 9.17) is 20.0 Å². The number of aliphatic imine (C=N–C) groups is 1. The molecule has 0 atom stereocenters. The van der Waals surface area contributed by atoms with Crippen molar-refractivity contribution in [3.63, 3.8) is 0 Å². The van der Waals surface area contributed by atoms with Crippen molar-refractivity contribution in [3.8, 4) is 5.75 Å². The Morgan fingerprint density at radius 1 is 1.00 bits per heavy atom. The van der Waals surface area contributed by atoms with Crippen molar-refractivity contribution in [2.24, 2.45) is 10.7 Å². The third-order valence-corrected chi connectivity index (χ3v) is 7.59. The second kappa shape index (κ2) is 17.1. The number of nitrogens with two attached hydrogens (primary N) is 1. The van der Waals surface area contributed by atoms with Gasteiger partial charge in [-0.2, -0.15) is 8.78 Å². The number of esters is 1. The van der Waals surface area contributed by atoms with Crippen LogP contribution in [0, 0.1) is 23.3 Å². The van der Waals surface area contributed by atoms with Gasteiger partial charge in [-0.25, -0.2) is 32.0 Å². The lowest BCUT2D eigenvalue weighted by Crippen LogP contribution is -2.34. The van der Waals surface area contributed by atoms with E-state index in [1.807, 2.05) is 6.92 Å². The fraction of sp³-hybridized carbons (Fsp3) is 0.414. The Kier molecular flexibility index (Phi) is 13.6. The Hall–Kier alpha value is -3.90. The van der Waals surface area contributed by atoms with Crippen molar-refractivity contribution in [2.75, 3.05) is 46.1 Å². The van der Waals surface area contributed by atoms with E-state index >= 15 is 0 Å².